The summed E-state index contributed by atoms with van der Waals surface area (Å²) >= 11 is 0. The molecule has 0 aromatic heterocycles. The Morgan fingerprint density at radius 1 is 1.22 bits per heavy atom. The van der Waals surface area contributed by atoms with Crippen LogP contribution < -0.4 is 0 Å². The maximum atomic E-state index is 11.2. The van der Waals surface area contributed by atoms with Gasteiger partial charge in [-0.2, -0.15) is 0 Å². The van der Waals surface area contributed by atoms with Crippen molar-refractivity contribution >= 4 is 25.7 Å². The summed E-state index contributed by atoms with van der Waals surface area (Å²) in [5, 5.41) is 5.30. The van der Waals surface area contributed by atoms with Crippen LogP contribution in [-0.2, 0) is 15.9 Å². The first-order valence-corrected chi connectivity index (χ1v) is 10.3. The van der Waals surface area contributed by atoms with Gasteiger partial charge in [0.15, 0.2) is 0 Å². The van der Waals surface area contributed by atoms with Crippen LogP contribution in [0.5, 0.6) is 0 Å². The van der Waals surface area contributed by atoms with Crippen LogP contribution in [0.4, 0.5) is 5.69 Å². The van der Waals surface area contributed by atoms with Crippen LogP contribution in [0.2, 0.25) is 0 Å². The predicted molar refractivity (Wildman–Crippen MR) is 111 cm³/mol. The molecular formula is C22H24NO3P. The molecule has 27 heavy (non-hydrogen) atoms. The van der Waals surface area contributed by atoms with Crippen LogP contribution in [0.3, 0.4) is 0 Å². The number of hydrogen-bond acceptors (Lipinski definition) is 4. The van der Waals surface area contributed by atoms with E-state index >= 15 is 0 Å². The van der Waals surface area contributed by atoms with Gasteiger partial charge in [-0.3, -0.25) is 0 Å². The average Bonchev–Trinajstić information content (AvgIpc) is 3.04. The summed E-state index contributed by atoms with van der Waals surface area (Å²) in [6.07, 6.45) is 2.23. The second-order valence-electron chi connectivity index (χ2n) is 8.07. The fourth-order valence-electron chi connectivity index (χ4n) is 5.49. The molecule has 1 aliphatic heterocycles. The Bertz CT molecular complexity index is 969. The Morgan fingerprint density at radius 2 is 2.07 bits per heavy atom. The normalized spacial score (nSPS) is 32.2. The Kier molecular flexibility index (Phi) is 4.19. The standard InChI is InChI=1S/C22H24NO3P/c1-11-21(25-2)17-9-16-14-6-12-4-3-5-20(23-24)15(12)7-13(14)8-18(16)22(27)19(17)10-26-11/h3-7,11,16,18,21-22H,8-10,27H2,1-2H3/t11?,16?,18?,21-,22?/m1/s1. The predicted octanol–water partition coefficient (Wildman–Crippen LogP) is 4.87. The minimum absolute atomic E-state index is 0.0492. The van der Waals surface area contributed by atoms with Crippen molar-refractivity contribution in [3.63, 3.8) is 0 Å². The monoisotopic (exact) mass is 381 g/mol. The SMILES string of the molecule is CO[C@H]1C2=C(COC1C)C(P)C1Cc3cc4c(N=O)cccc4cc3C1C2. The van der Waals surface area contributed by atoms with Crippen LogP contribution in [0.15, 0.2) is 46.7 Å². The first-order chi connectivity index (χ1) is 13.1. The van der Waals surface area contributed by atoms with E-state index in [0.717, 1.165) is 23.6 Å². The highest BCUT2D eigenvalue weighted by Gasteiger charge is 2.45. The molecule has 4 nitrogen and oxygen atoms in total. The minimum Gasteiger partial charge on any atom is -0.374 e. The number of ether oxygens (including phenoxy) is 2. The lowest BCUT2D eigenvalue weighted by molar-refractivity contribution is -0.0412. The van der Waals surface area contributed by atoms with Gasteiger partial charge in [0.25, 0.3) is 0 Å². The molecule has 5 unspecified atom stereocenters. The van der Waals surface area contributed by atoms with Crippen molar-refractivity contribution in [2.75, 3.05) is 13.7 Å². The fraction of sp³-hybridized carbons (Fsp3) is 0.455. The summed E-state index contributed by atoms with van der Waals surface area (Å²) < 4.78 is 11.8. The van der Waals surface area contributed by atoms with Crippen molar-refractivity contribution in [3.8, 4) is 0 Å². The van der Waals surface area contributed by atoms with Gasteiger partial charge in [0.1, 0.15) is 11.8 Å². The first-order valence-electron chi connectivity index (χ1n) is 9.63. The molecule has 0 N–H and O–H groups in total. The Labute approximate surface area is 161 Å². The van der Waals surface area contributed by atoms with Crippen LogP contribution >= 0.6 is 9.24 Å². The first kappa shape index (κ1) is 17.5. The van der Waals surface area contributed by atoms with Gasteiger partial charge in [-0.25, -0.2) is 0 Å². The largest absolute Gasteiger partial charge is 0.374 e. The van der Waals surface area contributed by atoms with Gasteiger partial charge in [0.2, 0.25) is 0 Å². The quantitative estimate of drug-likeness (QED) is 0.424. The molecule has 140 valence electrons. The van der Waals surface area contributed by atoms with Crippen LogP contribution in [0.1, 0.15) is 30.4 Å². The molecule has 0 bridgehead atoms. The third-order valence-electron chi connectivity index (χ3n) is 6.83. The van der Waals surface area contributed by atoms with Crippen molar-refractivity contribution in [1.82, 2.24) is 0 Å². The molecule has 6 atom stereocenters. The molecule has 0 spiro atoms. The van der Waals surface area contributed by atoms with Gasteiger partial charge in [0, 0.05) is 18.2 Å². The van der Waals surface area contributed by atoms with Crippen molar-refractivity contribution in [2.24, 2.45) is 11.1 Å². The molecule has 5 rings (SSSR count). The van der Waals surface area contributed by atoms with Crippen molar-refractivity contribution in [3.05, 3.63) is 57.5 Å². The zero-order valence-electron chi connectivity index (χ0n) is 15.6. The molecule has 2 aliphatic carbocycles. The Morgan fingerprint density at radius 3 is 2.85 bits per heavy atom. The lowest BCUT2D eigenvalue weighted by Gasteiger charge is -2.43. The van der Waals surface area contributed by atoms with Gasteiger partial charge in [-0.15, -0.1) is 14.1 Å². The van der Waals surface area contributed by atoms with Crippen molar-refractivity contribution < 1.29 is 9.47 Å². The van der Waals surface area contributed by atoms with Crippen LogP contribution in [-0.4, -0.2) is 31.6 Å². The highest BCUT2D eigenvalue weighted by atomic mass is 31.0. The summed E-state index contributed by atoms with van der Waals surface area (Å²) in [6.45, 7) is 2.82. The van der Waals surface area contributed by atoms with E-state index in [9.17, 15) is 4.91 Å². The van der Waals surface area contributed by atoms with E-state index in [1.165, 1.54) is 22.3 Å². The molecule has 3 aliphatic rings. The number of nitrogens with zero attached hydrogens (tertiary/aromatic N) is 1. The third kappa shape index (κ3) is 2.54. The number of benzene rings is 2. The molecular weight excluding hydrogens is 357 g/mol. The Balaban J connectivity index is 1.61. The molecule has 1 heterocycles. The summed E-state index contributed by atoms with van der Waals surface area (Å²) in [4.78, 5) is 11.2. The van der Waals surface area contributed by atoms with Gasteiger partial charge in [-0.1, -0.05) is 18.2 Å². The number of hydrogen-bond donors (Lipinski definition) is 0. The van der Waals surface area contributed by atoms with E-state index in [4.69, 9.17) is 9.47 Å². The molecule has 5 heteroatoms. The smallest absolute Gasteiger partial charge is 0.115 e. The highest BCUT2D eigenvalue weighted by Crippen LogP contribution is 2.53. The van der Waals surface area contributed by atoms with E-state index in [-0.39, 0.29) is 12.2 Å². The molecule has 2 aromatic carbocycles. The lowest BCUT2D eigenvalue weighted by atomic mass is 9.73. The fourth-order valence-corrected chi connectivity index (χ4v) is 6.21. The number of fused-ring (bicyclic) bond motifs is 4. The molecule has 0 saturated carbocycles. The van der Waals surface area contributed by atoms with E-state index in [2.05, 4.69) is 39.5 Å². The average molecular weight is 381 g/mol. The summed E-state index contributed by atoms with van der Waals surface area (Å²) in [6, 6.07) is 10.3. The zero-order valence-corrected chi connectivity index (χ0v) is 16.8. The lowest BCUT2D eigenvalue weighted by Crippen LogP contribution is -2.42. The number of rotatable bonds is 2. The summed E-state index contributed by atoms with van der Waals surface area (Å²) in [7, 11) is 4.87. The number of nitroso groups, excluding NO2 is 1. The maximum absolute atomic E-state index is 11.2. The van der Waals surface area contributed by atoms with Gasteiger partial charge in [-0.05, 0) is 76.6 Å². The van der Waals surface area contributed by atoms with E-state index < -0.39 is 0 Å². The second-order valence-corrected chi connectivity index (χ2v) is 8.79. The second kappa shape index (κ2) is 6.48. The van der Waals surface area contributed by atoms with E-state index in [0.29, 0.717) is 29.8 Å². The molecule has 0 radical (unpaired) electrons. The Hall–Kier alpha value is -1.61. The highest BCUT2D eigenvalue weighted by molar-refractivity contribution is 7.18. The van der Waals surface area contributed by atoms with E-state index in [1.54, 1.807) is 13.2 Å². The minimum atomic E-state index is 0.0492. The van der Waals surface area contributed by atoms with Gasteiger partial charge >= 0.3 is 0 Å². The van der Waals surface area contributed by atoms with E-state index in [1.807, 2.05) is 6.07 Å². The summed E-state index contributed by atoms with van der Waals surface area (Å²) in [5.74, 6) is 1.06. The molecule has 0 saturated heterocycles. The van der Waals surface area contributed by atoms with Crippen molar-refractivity contribution in [1.29, 1.82) is 0 Å². The van der Waals surface area contributed by atoms with Gasteiger partial charge < -0.3 is 9.47 Å². The maximum Gasteiger partial charge on any atom is 0.115 e. The van der Waals surface area contributed by atoms with Crippen LogP contribution in [0, 0.1) is 10.8 Å². The number of methoxy groups -OCH3 is 1. The topological polar surface area (TPSA) is 47.9 Å². The molecule has 0 fully saturated rings. The van der Waals surface area contributed by atoms with Crippen molar-refractivity contribution in [2.45, 2.75) is 43.6 Å². The third-order valence-corrected chi connectivity index (χ3v) is 7.73. The van der Waals surface area contributed by atoms with Crippen LogP contribution in [0.25, 0.3) is 10.8 Å². The van der Waals surface area contributed by atoms with Gasteiger partial charge in [0.05, 0.1) is 12.7 Å². The summed E-state index contributed by atoms with van der Waals surface area (Å²) in [5.41, 5.74) is 6.59. The zero-order chi connectivity index (χ0) is 18.7. The molecule has 2 aromatic rings. The molecule has 0 amide bonds.